The minimum absolute atomic E-state index is 0.134. The third kappa shape index (κ3) is 2.13. The van der Waals surface area contributed by atoms with Gasteiger partial charge in [-0.1, -0.05) is 22.0 Å². The van der Waals surface area contributed by atoms with Crippen LogP contribution in [0.1, 0.15) is 35.0 Å². The molecule has 1 atom stereocenters. The largest absolute Gasteiger partial charge is 0.323 e. The maximum atomic E-state index is 6.14. The highest BCUT2D eigenvalue weighted by Crippen LogP contribution is 2.37. The van der Waals surface area contributed by atoms with E-state index in [2.05, 4.69) is 41.1 Å². The Bertz CT molecular complexity index is 591. The average molecular weight is 323 g/mol. The van der Waals surface area contributed by atoms with Gasteiger partial charge in [-0.2, -0.15) is 0 Å². The zero-order valence-electron chi connectivity index (χ0n) is 10.2. The summed E-state index contributed by atoms with van der Waals surface area (Å²) in [6, 6.07) is 6.47. The molecule has 3 rings (SSSR count). The number of aromatic nitrogens is 1. The molecule has 4 heteroatoms. The van der Waals surface area contributed by atoms with Crippen molar-refractivity contribution in [2.24, 2.45) is 5.73 Å². The first-order valence-corrected chi connectivity index (χ1v) is 7.78. The molecule has 0 bridgehead atoms. The minimum Gasteiger partial charge on any atom is -0.323 e. The maximum Gasteiger partial charge on any atom is 0.124 e. The monoisotopic (exact) mass is 322 g/mol. The van der Waals surface area contributed by atoms with Gasteiger partial charge in [-0.25, -0.2) is 4.98 Å². The predicted molar refractivity (Wildman–Crippen MR) is 79.9 cm³/mol. The van der Waals surface area contributed by atoms with Crippen molar-refractivity contribution in [2.75, 3.05) is 0 Å². The minimum atomic E-state index is 0.134. The molecule has 0 saturated carbocycles. The Balaban J connectivity index is 2.07. The van der Waals surface area contributed by atoms with Crippen LogP contribution in [0.15, 0.2) is 22.7 Å². The van der Waals surface area contributed by atoms with Gasteiger partial charge in [0, 0.05) is 21.0 Å². The lowest BCUT2D eigenvalue weighted by molar-refractivity contribution is 0.564. The molecular weight excluding hydrogens is 308 g/mol. The fraction of sp³-hybridized carbons (Fsp3) is 0.357. The quantitative estimate of drug-likeness (QED) is 0.853. The van der Waals surface area contributed by atoms with Gasteiger partial charge in [0.05, 0.1) is 5.69 Å². The number of thiazole rings is 1. The van der Waals surface area contributed by atoms with Crippen LogP contribution in [-0.4, -0.2) is 4.98 Å². The van der Waals surface area contributed by atoms with E-state index in [4.69, 9.17) is 10.7 Å². The van der Waals surface area contributed by atoms with Crippen molar-refractivity contribution in [1.82, 2.24) is 4.98 Å². The SMILES string of the molecule is Cc1cc(Br)ccc1-c1nc2c(s1)CCCC2N. The van der Waals surface area contributed by atoms with E-state index in [1.54, 1.807) is 11.3 Å². The Morgan fingerprint density at radius 1 is 1.44 bits per heavy atom. The maximum absolute atomic E-state index is 6.14. The Morgan fingerprint density at radius 2 is 2.28 bits per heavy atom. The van der Waals surface area contributed by atoms with Gasteiger partial charge in [0.2, 0.25) is 0 Å². The zero-order chi connectivity index (χ0) is 12.7. The highest BCUT2D eigenvalue weighted by Gasteiger charge is 2.22. The van der Waals surface area contributed by atoms with Crippen molar-refractivity contribution in [2.45, 2.75) is 32.2 Å². The van der Waals surface area contributed by atoms with Gasteiger partial charge in [-0.15, -0.1) is 11.3 Å². The molecule has 0 saturated heterocycles. The van der Waals surface area contributed by atoms with Gasteiger partial charge in [-0.3, -0.25) is 0 Å². The summed E-state index contributed by atoms with van der Waals surface area (Å²) in [5, 5.41) is 1.11. The molecule has 94 valence electrons. The lowest BCUT2D eigenvalue weighted by Gasteiger charge is -2.15. The molecule has 1 aromatic carbocycles. The summed E-state index contributed by atoms with van der Waals surface area (Å²) in [4.78, 5) is 6.15. The first-order valence-electron chi connectivity index (χ1n) is 6.17. The molecule has 1 aliphatic carbocycles. The van der Waals surface area contributed by atoms with Crippen LogP contribution in [0.5, 0.6) is 0 Å². The second kappa shape index (κ2) is 4.76. The number of fused-ring (bicyclic) bond motifs is 1. The number of benzene rings is 1. The van der Waals surface area contributed by atoms with E-state index in [0.717, 1.165) is 28.0 Å². The van der Waals surface area contributed by atoms with E-state index in [-0.39, 0.29) is 6.04 Å². The van der Waals surface area contributed by atoms with Crippen LogP contribution in [0.4, 0.5) is 0 Å². The van der Waals surface area contributed by atoms with Gasteiger partial charge >= 0.3 is 0 Å². The Morgan fingerprint density at radius 3 is 3.00 bits per heavy atom. The molecule has 0 radical (unpaired) electrons. The first-order chi connectivity index (χ1) is 8.65. The van der Waals surface area contributed by atoms with Gasteiger partial charge in [0.25, 0.3) is 0 Å². The Kier molecular flexibility index (Phi) is 3.26. The lowest BCUT2D eigenvalue weighted by Crippen LogP contribution is -2.16. The predicted octanol–water partition coefficient (Wildman–Crippen LogP) is 4.22. The van der Waals surface area contributed by atoms with Crippen LogP contribution in [0, 0.1) is 6.92 Å². The standard InChI is InChI=1S/C14H15BrN2S/c1-8-7-9(15)5-6-10(8)14-17-13-11(16)3-2-4-12(13)18-14/h5-7,11H,2-4,16H2,1H3. The zero-order valence-corrected chi connectivity index (χ0v) is 12.6. The highest BCUT2D eigenvalue weighted by molar-refractivity contribution is 9.10. The second-order valence-corrected chi connectivity index (χ2v) is 6.78. The molecule has 1 unspecified atom stereocenters. The van der Waals surface area contributed by atoms with Crippen LogP contribution in [-0.2, 0) is 6.42 Å². The highest BCUT2D eigenvalue weighted by atomic mass is 79.9. The van der Waals surface area contributed by atoms with Gasteiger partial charge in [-0.05, 0) is 43.9 Å². The van der Waals surface area contributed by atoms with Crippen molar-refractivity contribution in [1.29, 1.82) is 0 Å². The van der Waals surface area contributed by atoms with Crippen molar-refractivity contribution in [3.8, 4) is 10.6 Å². The molecule has 2 nitrogen and oxygen atoms in total. The van der Waals surface area contributed by atoms with Crippen molar-refractivity contribution < 1.29 is 0 Å². The summed E-state index contributed by atoms with van der Waals surface area (Å²) in [6.45, 7) is 2.13. The molecule has 18 heavy (non-hydrogen) atoms. The number of nitrogens with zero attached hydrogens (tertiary/aromatic N) is 1. The second-order valence-electron chi connectivity index (χ2n) is 4.79. The van der Waals surface area contributed by atoms with E-state index in [0.29, 0.717) is 0 Å². The van der Waals surface area contributed by atoms with Gasteiger partial charge < -0.3 is 5.73 Å². The average Bonchev–Trinajstić information content (AvgIpc) is 2.74. The summed E-state index contributed by atoms with van der Waals surface area (Å²) < 4.78 is 1.11. The van der Waals surface area contributed by atoms with Crippen molar-refractivity contribution >= 4 is 27.3 Å². The van der Waals surface area contributed by atoms with E-state index >= 15 is 0 Å². The molecule has 2 aromatic rings. The van der Waals surface area contributed by atoms with Crippen molar-refractivity contribution in [3.05, 3.63) is 38.8 Å². The number of halogens is 1. The molecule has 1 aromatic heterocycles. The number of hydrogen-bond donors (Lipinski definition) is 1. The number of hydrogen-bond acceptors (Lipinski definition) is 3. The number of rotatable bonds is 1. The summed E-state index contributed by atoms with van der Waals surface area (Å²) in [7, 11) is 0. The van der Waals surface area contributed by atoms with E-state index in [1.165, 1.54) is 22.4 Å². The first kappa shape index (κ1) is 12.3. The summed E-state index contributed by atoms with van der Waals surface area (Å²) in [5.41, 5.74) is 9.75. The summed E-state index contributed by atoms with van der Waals surface area (Å²) in [6.07, 6.45) is 3.39. The Hall–Kier alpha value is -0.710. The molecule has 1 aliphatic rings. The third-order valence-corrected chi connectivity index (χ3v) is 5.07. The molecule has 2 N–H and O–H groups in total. The smallest absolute Gasteiger partial charge is 0.124 e. The molecular formula is C14H15BrN2S. The summed E-state index contributed by atoms with van der Waals surface area (Å²) in [5.74, 6) is 0. The lowest BCUT2D eigenvalue weighted by atomic mass is 9.98. The number of nitrogens with two attached hydrogens (primary N) is 1. The fourth-order valence-electron chi connectivity index (χ4n) is 2.43. The van der Waals surface area contributed by atoms with Crippen molar-refractivity contribution in [3.63, 3.8) is 0 Å². The molecule has 0 aliphatic heterocycles. The van der Waals surface area contributed by atoms with E-state index in [1.807, 2.05) is 0 Å². The van der Waals surface area contributed by atoms with Gasteiger partial charge in [0.15, 0.2) is 0 Å². The summed E-state index contributed by atoms with van der Waals surface area (Å²) >= 11 is 5.30. The molecule has 0 spiro atoms. The van der Waals surface area contributed by atoms with E-state index in [9.17, 15) is 0 Å². The van der Waals surface area contributed by atoms with Crippen LogP contribution in [0.25, 0.3) is 10.6 Å². The number of aryl methyl sites for hydroxylation is 2. The fourth-order valence-corrected chi connectivity index (χ4v) is 4.17. The van der Waals surface area contributed by atoms with Crippen LogP contribution in [0.2, 0.25) is 0 Å². The Labute approximate surface area is 119 Å². The molecule has 0 amide bonds. The van der Waals surface area contributed by atoms with E-state index < -0.39 is 0 Å². The van der Waals surface area contributed by atoms with Crippen LogP contribution >= 0.6 is 27.3 Å². The normalized spacial score (nSPS) is 18.7. The topological polar surface area (TPSA) is 38.9 Å². The molecule has 0 fully saturated rings. The van der Waals surface area contributed by atoms with Crippen LogP contribution in [0.3, 0.4) is 0 Å². The third-order valence-electron chi connectivity index (χ3n) is 3.42. The van der Waals surface area contributed by atoms with Gasteiger partial charge in [0.1, 0.15) is 5.01 Å². The van der Waals surface area contributed by atoms with Crippen LogP contribution < -0.4 is 5.73 Å². The molecule has 1 heterocycles.